The molecule has 6 heteroatoms. The van der Waals surface area contributed by atoms with Crippen LogP contribution in [0.15, 0.2) is 18.2 Å². The summed E-state index contributed by atoms with van der Waals surface area (Å²) in [6.45, 7) is 4.56. The Bertz CT molecular complexity index is 658. The van der Waals surface area contributed by atoms with Crippen LogP contribution in [0.3, 0.4) is 0 Å². The maximum Gasteiger partial charge on any atom is 0.328 e. The molecule has 5 nitrogen and oxygen atoms in total. The maximum atomic E-state index is 13.1. The van der Waals surface area contributed by atoms with Gasteiger partial charge in [-0.15, -0.1) is 0 Å². The van der Waals surface area contributed by atoms with Gasteiger partial charge in [-0.1, -0.05) is 17.7 Å². The third-order valence-electron chi connectivity index (χ3n) is 5.46. The average Bonchev–Trinajstić information content (AvgIpc) is 3.17. The highest BCUT2D eigenvalue weighted by Crippen LogP contribution is 2.28. The number of likely N-dealkylation sites (tertiary alicyclic amines) is 2. The molecule has 1 aromatic rings. The molecule has 0 saturated carbocycles. The van der Waals surface area contributed by atoms with Crippen molar-refractivity contribution in [2.75, 3.05) is 26.7 Å². The normalized spacial score (nSPS) is 24.4. The summed E-state index contributed by atoms with van der Waals surface area (Å²) in [7, 11) is 1.38. The van der Waals surface area contributed by atoms with E-state index in [1.165, 1.54) is 20.0 Å². The van der Waals surface area contributed by atoms with Gasteiger partial charge in [0.05, 0.1) is 7.11 Å². The third kappa shape index (κ3) is 3.67. The molecule has 2 aliphatic heterocycles. The molecule has 2 heterocycles. The van der Waals surface area contributed by atoms with Gasteiger partial charge in [-0.2, -0.15) is 0 Å². The molecule has 0 spiro atoms. The van der Waals surface area contributed by atoms with E-state index in [0.29, 0.717) is 29.6 Å². The smallest absolute Gasteiger partial charge is 0.328 e. The van der Waals surface area contributed by atoms with Crippen LogP contribution in [0.5, 0.6) is 0 Å². The van der Waals surface area contributed by atoms with Gasteiger partial charge in [0.1, 0.15) is 6.04 Å². The first-order valence-corrected chi connectivity index (χ1v) is 9.28. The standard InChI is InChI=1S/C19H25ClN2O3/c1-13-15(6-5-7-16(13)20)18(23)22-11-8-14(21-9-3-4-10-21)12-17(22)19(24)25-2/h5-7,14,17H,3-4,8-12H2,1-2H3. The van der Waals surface area contributed by atoms with Gasteiger partial charge in [0.25, 0.3) is 5.91 Å². The molecule has 2 saturated heterocycles. The number of carbonyl (C=O) groups is 2. The number of hydrogen-bond donors (Lipinski definition) is 0. The lowest BCUT2D eigenvalue weighted by Crippen LogP contribution is -2.55. The number of amides is 1. The van der Waals surface area contributed by atoms with Crippen LogP contribution in [0.2, 0.25) is 5.02 Å². The molecule has 2 atom stereocenters. The molecule has 25 heavy (non-hydrogen) atoms. The quantitative estimate of drug-likeness (QED) is 0.774. The van der Waals surface area contributed by atoms with Crippen molar-refractivity contribution in [2.24, 2.45) is 0 Å². The molecule has 0 radical (unpaired) electrons. The molecule has 2 aliphatic rings. The van der Waals surface area contributed by atoms with E-state index in [1.807, 2.05) is 6.92 Å². The zero-order valence-corrected chi connectivity index (χ0v) is 15.6. The zero-order valence-electron chi connectivity index (χ0n) is 14.8. The Morgan fingerprint density at radius 2 is 1.92 bits per heavy atom. The Hall–Kier alpha value is -1.59. The van der Waals surface area contributed by atoms with Crippen molar-refractivity contribution >= 4 is 23.5 Å². The van der Waals surface area contributed by atoms with Crippen LogP contribution < -0.4 is 0 Å². The van der Waals surface area contributed by atoms with Gasteiger partial charge in [-0.25, -0.2) is 4.79 Å². The minimum atomic E-state index is -0.532. The molecule has 2 fully saturated rings. The van der Waals surface area contributed by atoms with Crippen LogP contribution in [0, 0.1) is 6.92 Å². The van der Waals surface area contributed by atoms with E-state index in [-0.39, 0.29) is 11.9 Å². The van der Waals surface area contributed by atoms with E-state index >= 15 is 0 Å². The maximum absolute atomic E-state index is 13.1. The number of piperidine rings is 1. The molecule has 0 aromatic heterocycles. The van der Waals surface area contributed by atoms with E-state index in [0.717, 1.165) is 25.1 Å². The first-order chi connectivity index (χ1) is 12.0. The third-order valence-corrected chi connectivity index (χ3v) is 5.87. The fourth-order valence-corrected chi connectivity index (χ4v) is 4.16. The van der Waals surface area contributed by atoms with Crippen molar-refractivity contribution in [1.82, 2.24) is 9.80 Å². The first kappa shape index (κ1) is 18.2. The van der Waals surface area contributed by atoms with E-state index in [4.69, 9.17) is 16.3 Å². The Balaban J connectivity index is 1.82. The predicted molar refractivity (Wildman–Crippen MR) is 96.9 cm³/mol. The number of ether oxygens (including phenoxy) is 1. The number of rotatable bonds is 3. The van der Waals surface area contributed by atoms with Gasteiger partial charge in [-0.3, -0.25) is 4.79 Å². The van der Waals surface area contributed by atoms with Crippen LogP contribution in [0.25, 0.3) is 0 Å². The van der Waals surface area contributed by atoms with E-state index < -0.39 is 6.04 Å². The zero-order chi connectivity index (χ0) is 18.0. The minimum Gasteiger partial charge on any atom is -0.467 e. The number of halogens is 1. The number of benzene rings is 1. The van der Waals surface area contributed by atoms with Crippen LogP contribution >= 0.6 is 11.6 Å². The highest BCUT2D eigenvalue weighted by molar-refractivity contribution is 6.31. The Labute approximate surface area is 153 Å². The summed E-state index contributed by atoms with van der Waals surface area (Å²) in [5, 5.41) is 0.562. The Morgan fingerprint density at radius 1 is 1.20 bits per heavy atom. The van der Waals surface area contributed by atoms with Crippen LogP contribution in [-0.2, 0) is 9.53 Å². The molecular weight excluding hydrogens is 340 g/mol. The lowest BCUT2D eigenvalue weighted by atomic mass is 9.94. The van der Waals surface area contributed by atoms with Gasteiger partial charge >= 0.3 is 5.97 Å². The topological polar surface area (TPSA) is 49.9 Å². The monoisotopic (exact) mass is 364 g/mol. The Kier molecular flexibility index (Phi) is 5.64. The second-order valence-corrected chi connectivity index (χ2v) is 7.28. The summed E-state index contributed by atoms with van der Waals surface area (Å²) < 4.78 is 4.99. The molecule has 0 N–H and O–H groups in total. The van der Waals surface area contributed by atoms with Gasteiger partial charge in [-0.05, 0) is 63.4 Å². The van der Waals surface area contributed by atoms with Crippen molar-refractivity contribution in [2.45, 2.75) is 44.7 Å². The van der Waals surface area contributed by atoms with Crippen molar-refractivity contribution in [3.8, 4) is 0 Å². The summed E-state index contributed by atoms with van der Waals surface area (Å²) in [5.41, 5.74) is 1.31. The summed E-state index contributed by atoms with van der Waals surface area (Å²) in [6.07, 6.45) is 3.95. The molecule has 136 valence electrons. The fourth-order valence-electron chi connectivity index (χ4n) is 3.98. The first-order valence-electron chi connectivity index (χ1n) is 8.91. The number of esters is 1. The predicted octanol–water partition coefficient (Wildman–Crippen LogP) is 2.89. The Morgan fingerprint density at radius 3 is 2.60 bits per heavy atom. The highest BCUT2D eigenvalue weighted by atomic mass is 35.5. The van der Waals surface area contributed by atoms with Crippen LogP contribution in [-0.4, -0.2) is 60.5 Å². The lowest BCUT2D eigenvalue weighted by Gasteiger charge is -2.41. The lowest BCUT2D eigenvalue weighted by molar-refractivity contribution is -0.148. The van der Waals surface area contributed by atoms with Crippen LogP contribution in [0.4, 0.5) is 0 Å². The molecule has 1 aromatic carbocycles. The van der Waals surface area contributed by atoms with Crippen molar-refractivity contribution in [3.05, 3.63) is 34.3 Å². The fraction of sp³-hybridized carbons (Fsp3) is 0.579. The second-order valence-electron chi connectivity index (χ2n) is 6.87. The minimum absolute atomic E-state index is 0.143. The van der Waals surface area contributed by atoms with E-state index in [1.54, 1.807) is 23.1 Å². The molecule has 0 aliphatic carbocycles. The molecule has 1 amide bonds. The van der Waals surface area contributed by atoms with Crippen molar-refractivity contribution in [3.63, 3.8) is 0 Å². The molecular formula is C19H25ClN2O3. The van der Waals surface area contributed by atoms with Crippen LogP contribution in [0.1, 0.15) is 41.6 Å². The van der Waals surface area contributed by atoms with Gasteiger partial charge in [0, 0.05) is 23.2 Å². The number of hydrogen-bond acceptors (Lipinski definition) is 4. The summed E-state index contributed by atoms with van der Waals surface area (Å²) >= 11 is 6.16. The highest BCUT2D eigenvalue weighted by Gasteiger charge is 2.39. The number of nitrogens with zero attached hydrogens (tertiary/aromatic N) is 2. The summed E-state index contributed by atoms with van der Waals surface area (Å²) in [5.74, 6) is -0.479. The molecule has 3 rings (SSSR count). The number of methoxy groups -OCH3 is 1. The molecule has 0 bridgehead atoms. The van der Waals surface area contributed by atoms with E-state index in [2.05, 4.69) is 4.90 Å². The summed E-state index contributed by atoms with van der Waals surface area (Å²) in [4.78, 5) is 29.6. The average molecular weight is 365 g/mol. The van der Waals surface area contributed by atoms with Gasteiger partial charge in [0.15, 0.2) is 0 Å². The van der Waals surface area contributed by atoms with Crippen molar-refractivity contribution in [1.29, 1.82) is 0 Å². The van der Waals surface area contributed by atoms with E-state index in [9.17, 15) is 9.59 Å². The van der Waals surface area contributed by atoms with Gasteiger partial charge < -0.3 is 14.5 Å². The largest absolute Gasteiger partial charge is 0.467 e. The molecule has 2 unspecified atom stereocenters. The number of carbonyl (C=O) groups excluding carboxylic acids is 2. The van der Waals surface area contributed by atoms with Gasteiger partial charge in [0.2, 0.25) is 0 Å². The second kappa shape index (κ2) is 7.75. The summed E-state index contributed by atoms with van der Waals surface area (Å²) in [6, 6.07) is 5.12. The SMILES string of the molecule is COC(=O)C1CC(N2CCCC2)CCN1C(=O)c1cccc(Cl)c1C. The van der Waals surface area contributed by atoms with Crippen molar-refractivity contribution < 1.29 is 14.3 Å².